The van der Waals surface area contributed by atoms with Crippen LogP contribution in [-0.4, -0.2) is 12.2 Å². The monoisotopic (exact) mass is 188 g/mol. The minimum atomic E-state index is 0.125. The van der Waals surface area contributed by atoms with Gasteiger partial charge in [0.25, 0.3) is 0 Å². The first-order valence-corrected chi connectivity index (χ1v) is 4.36. The van der Waals surface area contributed by atoms with Gasteiger partial charge in [-0.05, 0) is 17.7 Å². The van der Waals surface area contributed by atoms with E-state index in [-0.39, 0.29) is 5.75 Å². The van der Waals surface area contributed by atoms with Crippen LogP contribution in [0.2, 0.25) is 0 Å². The van der Waals surface area contributed by atoms with Crippen molar-refractivity contribution in [3.05, 3.63) is 35.9 Å². The van der Waals surface area contributed by atoms with Crippen LogP contribution < -0.4 is 11.1 Å². The van der Waals surface area contributed by atoms with Crippen LogP contribution in [0.4, 0.5) is 5.69 Å². The minimum Gasteiger partial charge on any atom is -0.506 e. The van der Waals surface area contributed by atoms with E-state index in [0.717, 1.165) is 22.4 Å². The van der Waals surface area contributed by atoms with E-state index in [4.69, 9.17) is 5.73 Å². The Labute approximate surface area is 82.6 Å². The van der Waals surface area contributed by atoms with Crippen molar-refractivity contribution in [2.75, 3.05) is 12.8 Å². The first-order valence-electron chi connectivity index (χ1n) is 4.36. The molecular formula is C11H12N2O. The summed E-state index contributed by atoms with van der Waals surface area (Å²) in [5.41, 5.74) is 10.1. The third kappa shape index (κ3) is 0.923. The lowest BCUT2D eigenvalue weighted by Crippen LogP contribution is -2.16. The molecule has 0 aromatic heterocycles. The third-order valence-corrected chi connectivity index (χ3v) is 2.45. The molecule has 1 aliphatic rings. The van der Waals surface area contributed by atoms with Crippen molar-refractivity contribution in [1.82, 2.24) is 5.32 Å². The zero-order valence-electron chi connectivity index (χ0n) is 7.96. The molecule has 1 aromatic carbocycles. The van der Waals surface area contributed by atoms with Crippen LogP contribution >= 0.6 is 0 Å². The molecule has 72 valence electrons. The SMILES string of the molecule is C=CC1=C(NC)c2cc(O)c(N)cc21. The number of benzene rings is 1. The van der Waals surface area contributed by atoms with E-state index < -0.39 is 0 Å². The van der Waals surface area contributed by atoms with E-state index >= 15 is 0 Å². The molecule has 0 atom stereocenters. The van der Waals surface area contributed by atoms with Crippen LogP contribution in [0.3, 0.4) is 0 Å². The standard InChI is InChI=1S/C11H12N2O/c1-3-6-7-4-9(12)10(14)5-8(7)11(6)13-2/h3-5,13-14H,1,12H2,2H3. The molecule has 3 nitrogen and oxygen atoms in total. The maximum atomic E-state index is 9.43. The van der Waals surface area contributed by atoms with Gasteiger partial charge in [-0.2, -0.15) is 0 Å². The zero-order chi connectivity index (χ0) is 10.3. The van der Waals surface area contributed by atoms with Crippen molar-refractivity contribution in [3.8, 4) is 5.75 Å². The number of aromatic hydroxyl groups is 1. The predicted octanol–water partition coefficient (Wildman–Crippen LogP) is 1.56. The Bertz CT molecular complexity index is 447. The fraction of sp³-hybridized carbons (Fsp3) is 0.0909. The average Bonchev–Trinajstić information content (AvgIpc) is 2.16. The molecule has 0 fully saturated rings. The minimum absolute atomic E-state index is 0.125. The van der Waals surface area contributed by atoms with E-state index in [1.807, 2.05) is 7.05 Å². The summed E-state index contributed by atoms with van der Waals surface area (Å²) in [4.78, 5) is 0. The van der Waals surface area contributed by atoms with Crippen molar-refractivity contribution < 1.29 is 5.11 Å². The number of anilines is 1. The summed E-state index contributed by atoms with van der Waals surface area (Å²) in [6.07, 6.45) is 1.78. The lowest BCUT2D eigenvalue weighted by molar-refractivity contribution is 0.477. The molecule has 4 N–H and O–H groups in total. The summed E-state index contributed by atoms with van der Waals surface area (Å²) in [5, 5.41) is 12.5. The Morgan fingerprint density at radius 2 is 2.14 bits per heavy atom. The third-order valence-electron chi connectivity index (χ3n) is 2.45. The van der Waals surface area contributed by atoms with Crippen LogP contribution in [0.1, 0.15) is 11.1 Å². The Balaban J connectivity index is 2.58. The number of nitrogen functional groups attached to an aromatic ring is 1. The van der Waals surface area contributed by atoms with E-state index in [1.54, 1.807) is 18.2 Å². The Hall–Kier alpha value is -1.90. The van der Waals surface area contributed by atoms with Crippen LogP contribution in [0, 0.1) is 0 Å². The van der Waals surface area contributed by atoms with E-state index in [2.05, 4.69) is 11.9 Å². The van der Waals surface area contributed by atoms with E-state index in [9.17, 15) is 5.11 Å². The molecule has 1 aromatic rings. The number of nitrogens with two attached hydrogens (primary N) is 1. The van der Waals surface area contributed by atoms with Gasteiger partial charge >= 0.3 is 0 Å². The molecule has 14 heavy (non-hydrogen) atoms. The van der Waals surface area contributed by atoms with Crippen molar-refractivity contribution in [1.29, 1.82) is 0 Å². The molecule has 3 heteroatoms. The smallest absolute Gasteiger partial charge is 0.139 e. The fourth-order valence-electron chi connectivity index (χ4n) is 1.73. The summed E-state index contributed by atoms with van der Waals surface area (Å²) in [5.74, 6) is 0.125. The normalized spacial score (nSPS) is 13.2. The molecular weight excluding hydrogens is 176 g/mol. The van der Waals surface area contributed by atoms with Gasteiger partial charge in [-0.25, -0.2) is 0 Å². The van der Waals surface area contributed by atoms with Crippen molar-refractivity contribution >= 4 is 17.0 Å². The molecule has 0 unspecified atom stereocenters. The van der Waals surface area contributed by atoms with E-state index in [0.29, 0.717) is 5.69 Å². The van der Waals surface area contributed by atoms with Gasteiger partial charge in [0.05, 0.1) is 5.69 Å². The van der Waals surface area contributed by atoms with Gasteiger partial charge in [-0.1, -0.05) is 12.7 Å². The summed E-state index contributed by atoms with van der Waals surface area (Å²) in [6.45, 7) is 3.73. The summed E-state index contributed by atoms with van der Waals surface area (Å²) < 4.78 is 0. The maximum Gasteiger partial charge on any atom is 0.139 e. The zero-order valence-corrected chi connectivity index (χ0v) is 7.96. The molecule has 0 radical (unpaired) electrons. The van der Waals surface area contributed by atoms with Crippen molar-refractivity contribution in [2.45, 2.75) is 0 Å². The number of hydrogen-bond acceptors (Lipinski definition) is 3. The van der Waals surface area contributed by atoms with Crippen LogP contribution in [0.5, 0.6) is 5.75 Å². The lowest BCUT2D eigenvalue weighted by atomic mass is 9.84. The van der Waals surface area contributed by atoms with Crippen LogP contribution in [0.25, 0.3) is 11.3 Å². The number of phenols is 1. The Kier molecular flexibility index (Phi) is 1.74. The highest BCUT2D eigenvalue weighted by Gasteiger charge is 2.24. The number of nitrogens with one attached hydrogen (secondary N) is 1. The molecule has 0 amide bonds. The molecule has 1 aliphatic carbocycles. The molecule has 0 saturated carbocycles. The highest BCUT2D eigenvalue weighted by molar-refractivity contribution is 6.07. The second kappa shape index (κ2) is 2.80. The Morgan fingerprint density at radius 3 is 2.71 bits per heavy atom. The van der Waals surface area contributed by atoms with Gasteiger partial charge in [0, 0.05) is 23.9 Å². The second-order valence-corrected chi connectivity index (χ2v) is 3.20. The van der Waals surface area contributed by atoms with Gasteiger partial charge in [0.2, 0.25) is 0 Å². The molecule has 0 saturated heterocycles. The van der Waals surface area contributed by atoms with Crippen LogP contribution in [0.15, 0.2) is 24.8 Å². The predicted molar refractivity (Wildman–Crippen MR) is 58.6 cm³/mol. The molecule has 0 spiro atoms. The second-order valence-electron chi connectivity index (χ2n) is 3.20. The topological polar surface area (TPSA) is 58.3 Å². The summed E-state index contributed by atoms with van der Waals surface area (Å²) in [7, 11) is 1.84. The molecule has 0 aliphatic heterocycles. The Morgan fingerprint density at radius 1 is 1.43 bits per heavy atom. The lowest BCUT2D eigenvalue weighted by Gasteiger charge is -2.26. The van der Waals surface area contributed by atoms with Gasteiger partial charge < -0.3 is 16.2 Å². The van der Waals surface area contributed by atoms with Gasteiger partial charge in [0.15, 0.2) is 0 Å². The molecule has 2 rings (SSSR count). The molecule has 0 bridgehead atoms. The van der Waals surface area contributed by atoms with Crippen molar-refractivity contribution in [3.63, 3.8) is 0 Å². The average molecular weight is 188 g/mol. The van der Waals surface area contributed by atoms with Crippen LogP contribution in [-0.2, 0) is 0 Å². The maximum absolute atomic E-state index is 9.43. The largest absolute Gasteiger partial charge is 0.506 e. The highest BCUT2D eigenvalue weighted by atomic mass is 16.3. The number of fused-ring (bicyclic) bond motifs is 1. The fourth-order valence-corrected chi connectivity index (χ4v) is 1.73. The highest BCUT2D eigenvalue weighted by Crippen LogP contribution is 2.42. The quantitative estimate of drug-likeness (QED) is 0.487. The number of rotatable bonds is 2. The summed E-state index contributed by atoms with van der Waals surface area (Å²) in [6, 6.07) is 3.44. The van der Waals surface area contributed by atoms with Crippen molar-refractivity contribution in [2.24, 2.45) is 0 Å². The first-order chi connectivity index (χ1) is 6.69. The van der Waals surface area contributed by atoms with Gasteiger partial charge in [-0.15, -0.1) is 0 Å². The molecule has 0 heterocycles. The number of hydrogen-bond donors (Lipinski definition) is 3. The first kappa shape index (κ1) is 8.69. The van der Waals surface area contributed by atoms with E-state index in [1.165, 1.54) is 0 Å². The summed E-state index contributed by atoms with van der Waals surface area (Å²) >= 11 is 0. The van der Waals surface area contributed by atoms with Gasteiger partial charge in [-0.3, -0.25) is 0 Å². The number of phenolic OH excluding ortho intramolecular Hbond substituents is 1. The van der Waals surface area contributed by atoms with Gasteiger partial charge in [0.1, 0.15) is 5.75 Å². The number of allylic oxidation sites excluding steroid dienone is 2.